The van der Waals surface area contributed by atoms with Gasteiger partial charge >= 0.3 is 5.97 Å². The highest BCUT2D eigenvalue weighted by Gasteiger charge is 2.27. The van der Waals surface area contributed by atoms with Crippen LogP contribution in [0, 0.1) is 0 Å². The van der Waals surface area contributed by atoms with E-state index in [0.29, 0.717) is 17.4 Å². The number of phosphoric acid groups is 1. The van der Waals surface area contributed by atoms with Crippen LogP contribution < -0.4 is 10.2 Å². The molecule has 506 valence electrons. The normalized spacial score (nSPS) is 14.2. The number of carbonyl (C=O) groups excluding carboxylic acids is 2. The first-order valence-electron chi connectivity index (χ1n) is 36.3. The number of ether oxygens (including phenoxy) is 1. The molecule has 1 N–H and O–H groups in total. The summed E-state index contributed by atoms with van der Waals surface area (Å²) in [4.78, 5) is 40.2. The van der Waals surface area contributed by atoms with Crippen LogP contribution in [0.2, 0.25) is 0 Å². The van der Waals surface area contributed by atoms with E-state index in [1.54, 1.807) is 0 Å². The summed E-state index contributed by atoms with van der Waals surface area (Å²) < 4.78 is 30.5. The maximum absolute atomic E-state index is 13.6. The van der Waals surface area contributed by atoms with Gasteiger partial charge in [0.25, 0.3) is 7.82 Å². The van der Waals surface area contributed by atoms with Gasteiger partial charge in [-0.05, 0) is 122 Å². The van der Waals surface area contributed by atoms with E-state index in [0.717, 1.165) is 128 Å². The van der Waals surface area contributed by atoms with E-state index in [-0.39, 0.29) is 24.9 Å². The van der Waals surface area contributed by atoms with Crippen molar-refractivity contribution in [2.45, 2.75) is 322 Å². The summed E-state index contributed by atoms with van der Waals surface area (Å²) in [5.74, 6) is -0.558. The Balaban J connectivity index is 5.08. The molecule has 88 heavy (non-hydrogen) atoms. The van der Waals surface area contributed by atoms with Gasteiger partial charge in [-0.3, -0.25) is 14.2 Å². The summed E-state index contributed by atoms with van der Waals surface area (Å²) in [6, 6.07) is -0.905. The SMILES string of the molecule is CC/C=C\C/C=C\C/C=C\C/C=C\C/C=C\CCCCCCCCCC(=O)NC(COP(=O)([O-])OCC[N+](C)(C)C)C(/C=C/CCCCCCCCCCCC)OC(=O)CCCCCCCCCCCCC/C=C\C/C=C\C/C=C\C/C=C\CCCCC. The zero-order valence-electron chi connectivity index (χ0n) is 57.9. The Labute approximate surface area is 543 Å². The Morgan fingerprint density at radius 1 is 0.409 bits per heavy atom. The van der Waals surface area contributed by atoms with Crippen molar-refractivity contribution in [2.75, 3.05) is 40.9 Å². The number of carbonyl (C=O) groups is 2. The predicted octanol–water partition coefficient (Wildman–Crippen LogP) is 22.8. The molecule has 9 nitrogen and oxygen atoms in total. The van der Waals surface area contributed by atoms with Gasteiger partial charge in [0.05, 0.1) is 33.8 Å². The fourth-order valence-electron chi connectivity index (χ4n) is 10.1. The quantitative estimate of drug-likeness (QED) is 0.0212. The van der Waals surface area contributed by atoms with E-state index in [1.807, 2.05) is 33.3 Å². The van der Waals surface area contributed by atoms with Gasteiger partial charge in [0.2, 0.25) is 5.91 Å². The van der Waals surface area contributed by atoms with Gasteiger partial charge in [-0.2, -0.15) is 0 Å². The Morgan fingerprint density at radius 3 is 1.11 bits per heavy atom. The topological polar surface area (TPSA) is 114 Å². The monoisotopic (exact) mass is 1250 g/mol. The van der Waals surface area contributed by atoms with Crippen molar-refractivity contribution < 1.29 is 37.3 Å². The van der Waals surface area contributed by atoms with Crippen molar-refractivity contribution in [3.8, 4) is 0 Å². The predicted molar refractivity (Wildman–Crippen MR) is 380 cm³/mol. The highest BCUT2D eigenvalue weighted by Crippen LogP contribution is 2.38. The molecule has 1 amide bonds. The fraction of sp³-hybridized carbons (Fsp3) is 0.718. The minimum atomic E-state index is -4.72. The zero-order valence-corrected chi connectivity index (χ0v) is 58.8. The standard InChI is InChI=1S/C78H137N2O7P/c1-7-10-13-16-19-22-25-28-30-32-34-36-38-39-40-41-43-45-47-49-51-53-56-59-62-65-68-71-78(82)87-76(69-66-63-60-57-54-27-24-21-18-15-12-9-3)75(74-86-88(83,84)85-73-72-80(4,5)6)79-77(81)70-67-64-61-58-55-52-50-48-46-44-42-37-35-33-31-29-26-23-20-17-14-11-8-2/h11,14,19-20,22-23,28-31,34-37,39-40,44,46,66,69,75-76H,7-10,12-13,15-18,21,24-27,32-33,38,41-43,45,47-65,67-68,70-74H2,1-6H3,(H-,79,81,83,84)/b14-11-,22-19-,23-20-,30-28-,31-29-,36-34-,37-35-,40-39-,46-44-,69-66+. The Morgan fingerprint density at radius 2 is 0.727 bits per heavy atom. The van der Waals surface area contributed by atoms with E-state index < -0.39 is 26.6 Å². The van der Waals surface area contributed by atoms with Gasteiger partial charge in [0.1, 0.15) is 19.3 Å². The lowest BCUT2D eigenvalue weighted by Crippen LogP contribution is -2.47. The first-order valence-corrected chi connectivity index (χ1v) is 37.8. The second-order valence-electron chi connectivity index (χ2n) is 25.4. The van der Waals surface area contributed by atoms with E-state index in [1.165, 1.54) is 148 Å². The smallest absolute Gasteiger partial charge is 0.306 e. The number of nitrogens with one attached hydrogen (secondary N) is 1. The molecule has 3 atom stereocenters. The van der Waals surface area contributed by atoms with E-state index in [4.69, 9.17) is 13.8 Å². The van der Waals surface area contributed by atoms with Gasteiger partial charge in [0.15, 0.2) is 0 Å². The third-order valence-electron chi connectivity index (χ3n) is 15.6. The first-order chi connectivity index (χ1) is 42.9. The van der Waals surface area contributed by atoms with Crippen molar-refractivity contribution in [3.63, 3.8) is 0 Å². The fourth-order valence-corrected chi connectivity index (χ4v) is 10.8. The van der Waals surface area contributed by atoms with Crippen LogP contribution in [0.4, 0.5) is 0 Å². The summed E-state index contributed by atoms with van der Waals surface area (Å²) in [5, 5.41) is 3.04. The highest BCUT2D eigenvalue weighted by atomic mass is 31.2. The van der Waals surface area contributed by atoms with Gasteiger partial charge in [-0.25, -0.2) is 0 Å². The molecule has 0 rings (SSSR count). The molecule has 0 saturated carbocycles. The molecule has 10 heteroatoms. The summed E-state index contributed by atoms with van der Waals surface area (Å²) in [6.45, 7) is 6.70. The van der Waals surface area contributed by atoms with Crippen LogP contribution in [0.3, 0.4) is 0 Å². The molecule has 0 fully saturated rings. The van der Waals surface area contributed by atoms with Crippen LogP contribution in [0.5, 0.6) is 0 Å². The van der Waals surface area contributed by atoms with Crippen molar-refractivity contribution in [3.05, 3.63) is 122 Å². The molecular weight excluding hydrogens is 1110 g/mol. The molecule has 0 saturated heterocycles. The van der Waals surface area contributed by atoms with Crippen molar-refractivity contribution in [1.29, 1.82) is 0 Å². The summed E-state index contributed by atoms with van der Waals surface area (Å²) in [6.07, 6.45) is 93.2. The third-order valence-corrected chi connectivity index (χ3v) is 16.6. The summed E-state index contributed by atoms with van der Waals surface area (Å²) >= 11 is 0. The van der Waals surface area contributed by atoms with Gasteiger partial charge < -0.3 is 28.5 Å². The number of unbranched alkanes of at least 4 members (excludes halogenated alkanes) is 31. The van der Waals surface area contributed by atoms with Crippen molar-refractivity contribution in [2.24, 2.45) is 0 Å². The van der Waals surface area contributed by atoms with Gasteiger partial charge in [-0.15, -0.1) is 0 Å². The molecular formula is C78H137N2O7P. The molecule has 0 heterocycles. The molecule has 0 aromatic heterocycles. The minimum absolute atomic E-state index is 0.0307. The molecule has 0 aromatic carbocycles. The number of nitrogens with zero attached hydrogens (tertiary/aromatic N) is 1. The number of hydrogen-bond donors (Lipinski definition) is 1. The number of hydrogen-bond acceptors (Lipinski definition) is 7. The second kappa shape index (κ2) is 66.3. The van der Waals surface area contributed by atoms with Crippen LogP contribution in [-0.4, -0.2) is 69.4 Å². The number of likely N-dealkylation sites (N-methyl/N-ethyl adjacent to an activating group) is 1. The molecule has 0 bridgehead atoms. The summed E-state index contributed by atoms with van der Waals surface area (Å²) in [5.41, 5.74) is 0. The van der Waals surface area contributed by atoms with Crippen molar-refractivity contribution >= 4 is 19.7 Å². The minimum Gasteiger partial charge on any atom is -0.756 e. The van der Waals surface area contributed by atoms with Crippen LogP contribution >= 0.6 is 7.82 Å². The van der Waals surface area contributed by atoms with Crippen LogP contribution in [0.1, 0.15) is 310 Å². The highest BCUT2D eigenvalue weighted by molar-refractivity contribution is 7.45. The lowest BCUT2D eigenvalue weighted by Gasteiger charge is -2.30. The molecule has 3 unspecified atom stereocenters. The average molecular weight is 1250 g/mol. The molecule has 0 radical (unpaired) electrons. The van der Waals surface area contributed by atoms with Crippen LogP contribution in [0.25, 0.3) is 0 Å². The number of esters is 1. The summed E-state index contributed by atoms with van der Waals surface area (Å²) in [7, 11) is 1.16. The maximum Gasteiger partial charge on any atom is 0.306 e. The van der Waals surface area contributed by atoms with Crippen molar-refractivity contribution in [1.82, 2.24) is 5.32 Å². The van der Waals surface area contributed by atoms with Crippen LogP contribution in [-0.2, 0) is 27.9 Å². The second-order valence-corrected chi connectivity index (χ2v) is 26.8. The Hall–Kier alpha value is -3.59. The lowest BCUT2D eigenvalue weighted by atomic mass is 10.0. The first kappa shape index (κ1) is 84.4. The van der Waals surface area contributed by atoms with E-state index in [2.05, 4.69) is 135 Å². The maximum atomic E-state index is 13.6. The van der Waals surface area contributed by atoms with E-state index >= 15 is 0 Å². The molecule has 0 aromatic rings. The largest absolute Gasteiger partial charge is 0.756 e. The number of rotatable bonds is 65. The lowest BCUT2D eigenvalue weighted by molar-refractivity contribution is -0.870. The van der Waals surface area contributed by atoms with E-state index in [9.17, 15) is 19.0 Å². The van der Waals surface area contributed by atoms with Gasteiger partial charge in [0, 0.05) is 12.8 Å². The Kier molecular flexibility index (Phi) is 63.6. The molecule has 0 aliphatic heterocycles. The third kappa shape index (κ3) is 66.8. The number of quaternary nitrogens is 1. The Bertz CT molecular complexity index is 1920. The zero-order chi connectivity index (χ0) is 64.2. The molecule has 0 spiro atoms. The number of phosphoric ester groups is 1. The molecule has 0 aliphatic carbocycles. The van der Waals surface area contributed by atoms with Gasteiger partial charge in [-0.1, -0.05) is 297 Å². The number of amides is 1. The number of allylic oxidation sites excluding steroid dienone is 19. The molecule has 0 aliphatic rings. The van der Waals surface area contributed by atoms with Crippen LogP contribution in [0.15, 0.2) is 122 Å². The average Bonchev–Trinajstić information content (AvgIpc) is 3.53.